The lowest BCUT2D eigenvalue weighted by Gasteiger charge is -2.23. The topological polar surface area (TPSA) is 89.5 Å². The Kier molecular flexibility index (Phi) is 5.18. The van der Waals surface area contributed by atoms with E-state index in [1.165, 1.54) is 0 Å². The molecule has 0 radical (unpaired) electrons. The quantitative estimate of drug-likeness (QED) is 0.665. The first kappa shape index (κ1) is 18.9. The van der Waals surface area contributed by atoms with Crippen LogP contribution in [0.25, 0.3) is 0 Å². The molecule has 2 heterocycles. The van der Waals surface area contributed by atoms with Crippen molar-refractivity contribution in [1.82, 2.24) is 4.98 Å². The summed E-state index contributed by atoms with van der Waals surface area (Å²) in [5, 5.41) is 8.54. The fraction of sp³-hybridized carbons (Fsp3) is 0.190. The van der Waals surface area contributed by atoms with E-state index in [0.29, 0.717) is 35.0 Å². The number of rotatable bonds is 5. The largest absolute Gasteiger partial charge is 0.487 e. The van der Waals surface area contributed by atoms with Crippen molar-refractivity contribution < 1.29 is 19.1 Å². The van der Waals surface area contributed by atoms with Crippen molar-refractivity contribution in [1.29, 1.82) is 0 Å². The van der Waals surface area contributed by atoms with Gasteiger partial charge in [0.25, 0.3) is 11.8 Å². The molecule has 0 fully saturated rings. The Morgan fingerprint density at radius 2 is 2.07 bits per heavy atom. The first-order chi connectivity index (χ1) is 14.0. The Bertz CT molecular complexity index is 1060. The minimum atomic E-state index is -0.539. The maximum atomic E-state index is 12.5. The Morgan fingerprint density at radius 1 is 1.28 bits per heavy atom. The van der Waals surface area contributed by atoms with Gasteiger partial charge in [0.15, 0.2) is 6.10 Å². The number of nitrogens with zero attached hydrogens (tertiary/aromatic N) is 1. The average molecular weight is 409 g/mol. The summed E-state index contributed by atoms with van der Waals surface area (Å²) >= 11 is 1.58. The van der Waals surface area contributed by atoms with Crippen molar-refractivity contribution in [2.45, 2.75) is 26.6 Å². The zero-order valence-electron chi connectivity index (χ0n) is 15.9. The minimum Gasteiger partial charge on any atom is -0.487 e. The molecule has 1 unspecified atom stereocenters. The standard InChI is InChI=1S/C21H19N3O4S/c1-12-20(25)24-18-9-15(5-8-19(18)28-12)23-21(26)14-3-6-17(7-4-14)27-10-16-11-29-13(2)22-16/h3-9,11-12H,10H2,1-2H3,(H,23,26)(H,24,25). The highest BCUT2D eigenvalue weighted by Gasteiger charge is 2.23. The molecule has 0 bridgehead atoms. The smallest absolute Gasteiger partial charge is 0.265 e. The second kappa shape index (κ2) is 7.92. The van der Waals surface area contributed by atoms with E-state index in [9.17, 15) is 9.59 Å². The molecule has 0 saturated heterocycles. The SMILES string of the molecule is Cc1nc(COc2ccc(C(=O)Nc3ccc4c(c3)NC(=O)C(C)O4)cc2)cs1. The number of carbonyl (C=O) groups is 2. The van der Waals surface area contributed by atoms with E-state index >= 15 is 0 Å². The molecule has 1 aliphatic heterocycles. The zero-order valence-corrected chi connectivity index (χ0v) is 16.7. The predicted octanol–water partition coefficient (Wildman–Crippen LogP) is 4.00. The summed E-state index contributed by atoms with van der Waals surface area (Å²) < 4.78 is 11.2. The van der Waals surface area contributed by atoms with Gasteiger partial charge in [-0.2, -0.15) is 0 Å². The van der Waals surface area contributed by atoms with E-state index in [1.54, 1.807) is 60.7 Å². The second-order valence-electron chi connectivity index (χ2n) is 6.59. The molecule has 1 atom stereocenters. The number of thiazole rings is 1. The van der Waals surface area contributed by atoms with Gasteiger partial charge >= 0.3 is 0 Å². The summed E-state index contributed by atoms with van der Waals surface area (Å²) in [7, 11) is 0. The summed E-state index contributed by atoms with van der Waals surface area (Å²) in [6.07, 6.45) is -0.539. The monoisotopic (exact) mass is 409 g/mol. The number of hydrogen-bond acceptors (Lipinski definition) is 6. The van der Waals surface area contributed by atoms with Crippen LogP contribution >= 0.6 is 11.3 Å². The van der Waals surface area contributed by atoms with Crippen LogP contribution in [0.5, 0.6) is 11.5 Å². The maximum absolute atomic E-state index is 12.5. The normalized spacial score (nSPS) is 15.1. The van der Waals surface area contributed by atoms with Crippen LogP contribution in [0, 0.1) is 6.92 Å². The number of benzene rings is 2. The van der Waals surface area contributed by atoms with E-state index < -0.39 is 6.10 Å². The molecule has 4 rings (SSSR count). The molecule has 0 aliphatic carbocycles. The first-order valence-corrected chi connectivity index (χ1v) is 9.93. The van der Waals surface area contributed by atoms with Gasteiger partial charge in [-0.25, -0.2) is 4.98 Å². The van der Waals surface area contributed by atoms with Crippen LogP contribution in [0.4, 0.5) is 11.4 Å². The van der Waals surface area contributed by atoms with Gasteiger partial charge in [0.1, 0.15) is 18.1 Å². The Hall–Kier alpha value is -3.39. The van der Waals surface area contributed by atoms with Gasteiger partial charge in [0, 0.05) is 16.6 Å². The van der Waals surface area contributed by atoms with E-state index in [1.807, 2.05) is 12.3 Å². The van der Waals surface area contributed by atoms with E-state index in [-0.39, 0.29) is 11.8 Å². The third-order valence-corrected chi connectivity index (χ3v) is 5.16. The minimum absolute atomic E-state index is 0.218. The number of aryl methyl sites for hydroxylation is 1. The van der Waals surface area contributed by atoms with Crippen molar-refractivity contribution in [2.24, 2.45) is 0 Å². The van der Waals surface area contributed by atoms with Gasteiger partial charge in [-0.1, -0.05) is 0 Å². The van der Waals surface area contributed by atoms with E-state index in [0.717, 1.165) is 10.7 Å². The number of ether oxygens (including phenoxy) is 2. The molecule has 2 aromatic carbocycles. The third kappa shape index (κ3) is 4.38. The lowest BCUT2D eigenvalue weighted by molar-refractivity contribution is -0.122. The van der Waals surface area contributed by atoms with Crippen LogP contribution in [0.15, 0.2) is 47.8 Å². The Balaban J connectivity index is 1.38. The van der Waals surface area contributed by atoms with Crippen LogP contribution in [0.2, 0.25) is 0 Å². The van der Waals surface area contributed by atoms with Crippen LogP contribution in [0.1, 0.15) is 28.0 Å². The third-order valence-electron chi connectivity index (χ3n) is 4.34. The van der Waals surface area contributed by atoms with Crippen molar-refractivity contribution >= 4 is 34.5 Å². The number of amides is 2. The molecule has 148 valence electrons. The highest BCUT2D eigenvalue weighted by molar-refractivity contribution is 7.09. The van der Waals surface area contributed by atoms with Crippen LogP contribution in [-0.4, -0.2) is 22.9 Å². The zero-order chi connectivity index (χ0) is 20.4. The van der Waals surface area contributed by atoms with Crippen LogP contribution in [0.3, 0.4) is 0 Å². The summed E-state index contributed by atoms with van der Waals surface area (Å²) in [6, 6.07) is 12.0. The van der Waals surface area contributed by atoms with Crippen molar-refractivity contribution in [3.05, 3.63) is 64.1 Å². The Morgan fingerprint density at radius 3 is 2.79 bits per heavy atom. The maximum Gasteiger partial charge on any atom is 0.265 e. The molecule has 2 amide bonds. The summed E-state index contributed by atoms with van der Waals surface area (Å²) in [4.78, 5) is 28.6. The molecule has 29 heavy (non-hydrogen) atoms. The number of nitrogens with one attached hydrogen (secondary N) is 2. The lowest BCUT2D eigenvalue weighted by Crippen LogP contribution is -2.34. The first-order valence-electron chi connectivity index (χ1n) is 9.05. The van der Waals surface area contributed by atoms with Gasteiger partial charge in [0.2, 0.25) is 0 Å². The highest BCUT2D eigenvalue weighted by Crippen LogP contribution is 2.32. The van der Waals surface area contributed by atoms with Crippen LogP contribution < -0.4 is 20.1 Å². The number of carbonyl (C=O) groups excluding carboxylic acids is 2. The van der Waals surface area contributed by atoms with Gasteiger partial charge in [-0.05, 0) is 56.3 Å². The van der Waals surface area contributed by atoms with Crippen molar-refractivity contribution in [2.75, 3.05) is 10.6 Å². The van der Waals surface area contributed by atoms with Crippen molar-refractivity contribution in [3.63, 3.8) is 0 Å². The average Bonchev–Trinajstić information content (AvgIpc) is 3.13. The number of hydrogen-bond donors (Lipinski definition) is 2. The van der Waals surface area contributed by atoms with Gasteiger partial charge < -0.3 is 20.1 Å². The summed E-state index contributed by atoms with van der Waals surface area (Å²) in [6.45, 7) is 4.02. The molecule has 3 aromatic rings. The molecule has 8 heteroatoms. The highest BCUT2D eigenvalue weighted by atomic mass is 32.1. The number of aromatic nitrogens is 1. The molecule has 2 N–H and O–H groups in total. The number of anilines is 2. The summed E-state index contributed by atoms with van der Waals surface area (Å²) in [5.41, 5.74) is 2.47. The molecular weight excluding hydrogens is 390 g/mol. The van der Waals surface area contributed by atoms with Gasteiger partial charge in [0.05, 0.1) is 16.4 Å². The molecule has 1 aliphatic rings. The van der Waals surface area contributed by atoms with Gasteiger partial charge in [-0.3, -0.25) is 9.59 Å². The fourth-order valence-corrected chi connectivity index (χ4v) is 3.42. The second-order valence-corrected chi connectivity index (χ2v) is 7.65. The molecule has 0 spiro atoms. The Labute approximate surface area is 171 Å². The number of fused-ring (bicyclic) bond motifs is 1. The lowest BCUT2D eigenvalue weighted by atomic mass is 10.1. The van der Waals surface area contributed by atoms with E-state index in [4.69, 9.17) is 9.47 Å². The van der Waals surface area contributed by atoms with E-state index in [2.05, 4.69) is 15.6 Å². The molecular formula is C21H19N3O4S. The van der Waals surface area contributed by atoms with Crippen molar-refractivity contribution in [3.8, 4) is 11.5 Å². The van der Waals surface area contributed by atoms with Crippen LogP contribution in [-0.2, 0) is 11.4 Å². The summed E-state index contributed by atoms with van der Waals surface area (Å²) in [5.74, 6) is 0.759. The molecule has 0 saturated carbocycles. The predicted molar refractivity (Wildman–Crippen MR) is 111 cm³/mol. The van der Waals surface area contributed by atoms with Gasteiger partial charge in [-0.15, -0.1) is 11.3 Å². The fourth-order valence-electron chi connectivity index (χ4n) is 2.82. The molecule has 1 aromatic heterocycles. The molecule has 7 nitrogen and oxygen atoms in total.